The van der Waals surface area contributed by atoms with Crippen LogP contribution in [0.1, 0.15) is 18.4 Å². The maximum Gasteiger partial charge on any atom is 0.240 e. The second-order valence-electron chi connectivity index (χ2n) is 6.26. The van der Waals surface area contributed by atoms with E-state index in [0.717, 1.165) is 18.4 Å². The minimum Gasteiger partial charge on any atom is -0.399 e. The molecule has 2 aromatic carbocycles. The van der Waals surface area contributed by atoms with E-state index in [9.17, 15) is 16.8 Å². The van der Waals surface area contributed by atoms with Gasteiger partial charge in [0.05, 0.1) is 9.79 Å². The Hall–Kier alpha value is -1.94. The Morgan fingerprint density at radius 2 is 1.38 bits per heavy atom. The second-order valence-corrected chi connectivity index (χ2v) is 9.74. The number of rotatable bonds is 8. The highest BCUT2D eigenvalue weighted by atomic mass is 32.2. The van der Waals surface area contributed by atoms with Crippen LogP contribution in [0.15, 0.2) is 58.3 Å². The van der Waals surface area contributed by atoms with E-state index in [2.05, 4.69) is 9.44 Å². The minimum atomic E-state index is -3.70. The second kappa shape index (κ2) is 7.36. The van der Waals surface area contributed by atoms with Gasteiger partial charge in [-0.25, -0.2) is 26.3 Å². The van der Waals surface area contributed by atoms with Crippen molar-refractivity contribution in [1.29, 1.82) is 0 Å². The molecule has 7 nitrogen and oxygen atoms in total. The van der Waals surface area contributed by atoms with Gasteiger partial charge in [-0.3, -0.25) is 0 Å². The van der Waals surface area contributed by atoms with Crippen molar-refractivity contribution in [2.45, 2.75) is 35.1 Å². The number of benzene rings is 2. The number of nitrogen functional groups attached to an aromatic ring is 1. The van der Waals surface area contributed by atoms with Gasteiger partial charge in [-0.1, -0.05) is 12.1 Å². The highest BCUT2D eigenvalue weighted by molar-refractivity contribution is 7.90. The summed E-state index contributed by atoms with van der Waals surface area (Å²) in [5.74, 6) is 0. The van der Waals surface area contributed by atoms with Crippen LogP contribution in [0.5, 0.6) is 0 Å². The fourth-order valence-corrected chi connectivity index (χ4v) is 4.72. The summed E-state index contributed by atoms with van der Waals surface area (Å²) in [4.78, 5) is 0.0883. The number of sulfonamides is 2. The molecular weight excluding hydrogens is 374 g/mol. The van der Waals surface area contributed by atoms with Gasteiger partial charge in [-0.2, -0.15) is 0 Å². The van der Waals surface area contributed by atoms with Crippen LogP contribution in [0.4, 0.5) is 5.69 Å². The lowest BCUT2D eigenvalue weighted by Crippen LogP contribution is -2.27. The summed E-state index contributed by atoms with van der Waals surface area (Å²) < 4.78 is 54.0. The van der Waals surface area contributed by atoms with Crippen LogP contribution in [0.2, 0.25) is 0 Å². The third-order valence-corrected chi connectivity index (χ3v) is 7.04. The van der Waals surface area contributed by atoms with Gasteiger partial charge in [0, 0.05) is 18.3 Å². The zero-order valence-electron chi connectivity index (χ0n) is 14.1. The highest BCUT2D eigenvalue weighted by Gasteiger charge is 2.28. The fourth-order valence-electron chi connectivity index (χ4n) is 2.38. The Bertz CT molecular complexity index is 966. The predicted molar refractivity (Wildman–Crippen MR) is 99.5 cm³/mol. The van der Waals surface area contributed by atoms with Gasteiger partial charge >= 0.3 is 0 Å². The molecule has 1 fully saturated rings. The van der Waals surface area contributed by atoms with Gasteiger partial charge in [0.1, 0.15) is 0 Å². The summed E-state index contributed by atoms with van der Waals surface area (Å²) in [7, 11) is -7.29. The minimum absolute atomic E-state index is 0.00147. The molecule has 140 valence electrons. The van der Waals surface area contributed by atoms with Crippen molar-refractivity contribution < 1.29 is 16.8 Å². The molecule has 0 aromatic heterocycles. The lowest BCUT2D eigenvalue weighted by atomic mass is 10.1. The average Bonchev–Trinajstić information content (AvgIpc) is 3.40. The maximum atomic E-state index is 12.3. The quantitative estimate of drug-likeness (QED) is 0.581. The standard InChI is InChI=1S/C17H21N3O4S2/c18-14-3-1-13(2-4-14)11-12-19-25(21,22)16-7-9-17(10-8-16)26(23,24)20-15-5-6-15/h1-4,7-10,15,19-20H,5-6,11-12,18H2. The first-order valence-electron chi connectivity index (χ1n) is 8.23. The van der Waals surface area contributed by atoms with E-state index < -0.39 is 20.0 Å². The summed E-state index contributed by atoms with van der Waals surface area (Å²) >= 11 is 0. The Kier molecular flexibility index (Phi) is 5.33. The van der Waals surface area contributed by atoms with E-state index in [-0.39, 0.29) is 22.4 Å². The van der Waals surface area contributed by atoms with Gasteiger partial charge in [0.2, 0.25) is 20.0 Å². The lowest BCUT2D eigenvalue weighted by Gasteiger charge is -2.09. The van der Waals surface area contributed by atoms with Crippen molar-refractivity contribution in [1.82, 2.24) is 9.44 Å². The van der Waals surface area contributed by atoms with Crippen LogP contribution in [0.3, 0.4) is 0 Å². The van der Waals surface area contributed by atoms with Crippen LogP contribution in [0.25, 0.3) is 0 Å². The number of nitrogens with two attached hydrogens (primary N) is 1. The Balaban J connectivity index is 1.62. The number of anilines is 1. The normalized spacial score (nSPS) is 15.1. The monoisotopic (exact) mass is 395 g/mol. The van der Waals surface area contributed by atoms with Crippen molar-refractivity contribution in [2.24, 2.45) is 0 Å². The molecule has 0 saturated heterocycles. The molecule has 0 unspecified atom stereocenters. The van der Waals surface area contributed by atoms with E-state index in [0.29, 0.717) is 12.1 Å². The molecule has 1 saturated carbocycles. The predicted octanol–water partition coefficient (Wildman–Crippen LogP) is 1.23. The van der Waals surface area contributed by atoms with Crippen molar-refractivity contribution in [2.75, 3.05) is 12.3 Å². The first-order chi connectivity index (χ1) is 12.3. The van der Waals surface area contributed by atoms with Crippen molar-refractivity contribution >= 4 is 25.7 Å². The van der Waals surface area contributed by atoms with Crippen LogP contribution in [0, 0.1) is 0 Å². The van der Waals surface area contributed by atoms with Crippen LogP contribution < -0.4 is 15.2 Å². The molecule has 0 heterocycles. The van der Waals surface area contributed by atoms with Gasteiger partial charge in [-0.05, 0) is 61.2 Å². The highest BCUT2D eigenvalue weighted by Crippen LogP contribution is 2.22. The van der Waals surface area contributed by atoms with Crippen molar-refractivity contribution in [3.05, 3.63) is 54.1 Å². The van der Waals surface area contributed by atoms with Crippen LogP contribution >= 0.6 is 0 Å². The van der Waals surface area contributed by atoms with Gasteiger partial charge < -0.3 is 5.73 Å². The van der Waals surface area contributed by atoms with Gasteiger partial charge in [0.15, 0.2) is 0 Å². The molecule has 1 aliphatic carbocycles. The average molecular weight is 396 g/mol. The molecule has 0 aliphatic heterocycles. The fraction of sp³-hybridized carbons (Fsp3) is 0.294. The third-order valence-electron chi connectivity index (χ3n) is 4.03. The van der Waals surface area contributed by atoms with Gasteiger partial charge in [0.25, 0.3) is 0 Å². The first-order valence-corrected chi connectivity index (χ1v) is 11.2. The van der Waals surface area contributed by atoms with E-state index in [1.165, 1.54) is 24.3 Å². The van der Waals surface area contributed by atoms with Gasteiger partial charge in [-0.15, -0.1) is 0 Å². The molecule has 3 rings (SSSR count). The number of hydrogen-bond acceptors (Lipinski definition) is 5. The largest absolute Gasteiger partial charge is 0.399 e. The van der Waals surface area contributed by atoms with Crippen molar-refractivity contribution in [3.63, 3.8) is 0 Å². The van der Waals surface area contributed by atoms with E-state index >= 15 is 0 Å². The SMILES string of the molecule is Nc1ccc(CCNS(=O)(=O)c2ccc(S(=O)(=O)NC3CC3)cc2)cc1. The van der Waals surface area contributed by atoms with Crippen LogP contribution in [-0.2, 0) is 26.5 Å². The first kappa shape index (κ1) is 18.8. The van der Waals surface area contributed by atoms with E-state index in [4.69, 9.17) is 5.73 Å². The topological polar surface area (TPSA) is 118 Å². The molecule has 0 atom stereocenters. The third kappa shape index (κ3) is 4.82. The van der Waals surface area contributed by atoms with Crippen LogP contribution in [-0.4, -0.2) is 29.4 Å². The van der Waals surface area contributed by atoms with E-state index in [1.807, 2.05) is 12.1 Å². The molecule has 0 bridgehead atoms. The molecule has 4 N–H and O–H groups in total. The number of nitrogens with one attached hydrogen (secondary N) is 2. The molecule has 1 aliphatic rings. The molecule has 2 aromatic rings. The lowest BCUT2D eigenvalue weighted by molar-refractivity contribution is 0.577. The smallest absolute Gasteiger partial charge is 0.240 e. The Morgan fingerprint density at radius 3 is 1.92 bits per heavy atom. The Morgan fingerprint density at radius 1 is 0.846 bits per heavy atom. The summed E-state index contributed by atoms with van der Waals surface area (Å²) in [6, 6.07) is 12.4. The summed E-state index contributed by atoms with van der Waals surface area (Å²) in [5.41, 5.74) is 7.23. The maximum absolute atomic E-state index is 12.3. The molecule has 9 heteroatoms. The summed E-state index contributed by atoms with van der Waals surface area (Å²) in [6.07, 6.45) is 2.20. The zero-order chi connectivity index (χ0) is 18.8. The summed E-state index contributed by atoms with van der Waals surface area (Å²) in [6.45, 7) is 0.232. The van der Waals surface area contributed by atoms with Crippen molar-refractivity contribution in [3.8, 4) is 0 Å². The molecule has 0 spiro atoms. The van der Waals surface area contributed by atoms with E-state index in [1.54, 1.807) is 12.1 Å². The molecular formula is C17H21N3O4S2. The Labute approximate surface area is 153 Å². The number of hydrogen-bond donors (Lipinski definition) is 3. The molecule has 0 radical (unpaired) electrons. The summed E-state index contributed by atoms with van der Waals surface area (Å²) in [5, 5.41) is 0. The zero-order valence-corrected chi connectivity index (χ0v) is 15.7. The molecule has 26 heavy (non-hydrogen) atoms. The molecule has 0 amide bonds.